The van der Waals surface area contributed by atoms with E-state index >= 15 is 0 Å². The van der Waals surface area contributed by atoms with Crippen LogP contribution < -0.4 is 10.1 Å². The van der Waals surface area contributed by atoms with Crippen molar-refractivity contribution in [3.63, 3.8) is 0 Å². The van der Waals surface area contributed by atoms with Gasteiger partial charge in [0, 0.05) is 6.54 Å². The van der Waals surface area contributed by atoms with E-state index in [0.717, 1.165) is 30.1 Å². The summed E-state index contributed by atoms with van der Waals surface area (Å²) in [4.78, 5) is 0. The second kappa shape index (κ2) is 7.77. The van der Waals surface area contributed by atoms with E-state index < -0.39 is 6.10 Å². The molecule has 0 saturated heterocycles. The van der Waals surface area contributed by atoms with Crippen molar-refractivity contribution in [1.29, 1.82) is 0 Å². The predicted octanol–water partition coefficient (Wildman–Crippen LogP) is 1.69. The van der Waals surface area contributed by atoms with E-state index in [1.54, 1.807) is 6.20 Å². The van der Waals surface area contributed by atoms with E-state index in [0.29, 0.717) is 12.4 Å². The van der Waals surface area contributed by atoms with Crippen molar-refractivity contribution in [2.45, 2.75) is 38.7 Å². The lowest BCUT2D eigenvalue weighted by Gasteiger charge is -2.29. The minimum Gasteiger partial charge on any atom is -0.473 e. The maximum Gasteiger partial charge on any atom is 0.245 e. The second-order valence-electron chi connectivity index (χ2n) is 5.39. The lowest BCUT2D eigenvalue weighted by molar-refractivity contribution is 0.101. The van der Waals surface area contributed by atoms with Gasteiger partial charge in [-0.25, -0.2) is 0 Å². The summed E-state index contributed by atoms with van der Waals surface area (Å²) in [5.41, 5.74) is 0. The molecule has 0 aromatic carbocycles. The molecule has 0 aliphatic heterocycles. The van der Waals surface area contributed by atoms with Crippen LogP contribution in [-0.4, -0.2) is 39.7 Å². The third kappa shape index (κ3) is 5.04. The van der Waals surface area contributed by atoms with Gasteiger partial charge in [0.05, 0.1) is 11.7 Å². The number of ether oxygens (including phenoxy) is 1. The maximum absolute atomic E-state index is 9.81. The number of aliphatic hydroxyl groups is 1. The number of nitrogens with one attached hydrogen (secondary N) is 1. The van der Waals surface area contributed by atoms with Crippen LogP contribution >= 0.6 is 11.7 Å². The van der Waals surface area contributed by atoms with Crippen LogP contribution in [0.5, 0.6) is 5.88 Å². The molecule has 19 heavy (non-hydrogen) atoms. The average molecular weight is 285 g/mol. The van der Waals surface area contributed by atoms with Crippen molar-refractivity contribution in [2.75, 3.05) is 19.7 Å². The summed E-state index contributed by atoms with van der Waals surface area (Å²) >= 11 is 1.11. The summed E-state index contributed by atoms with van der Waals surface area (Å²) in [7, 11) is 0. The molecule has 1 saturated carbocycles. The van der Waals surface area contributed by atoms with Crippen LogP contribution in [0.15, 0.2) is 6.20 Å². The third-order valence-corrected chi connectivity index (χ3v) is 4.30. The molecule has 1 aliphatic carbocycles. The van der Waals surface area contributed by atoms with Crippen LogP contribution in [-0.2, 0) is 0 Å². The number of hydrogen-bond acceptors (Lipinski definition) is 6. The Morgan fingerprint density at radius 2 is 2.37 bits per heavy atom. The number of hydrogen-bond donors (Lipinski definition) is 2. The third-order valence-electron chi connectivity index (χ3n) is 3.84. The molecule has 3 unspecified atom stereocenters. The molecule has 1 fully saturated rings. The van der Waals surface area contributed by atoms with Crippen LogP contribution in [0, 0.1) is 11.8 Å². The van der Waals surface area contributed by atoms with Crippen LogP contribution in [0.2, 0.25) is 0 Å². The van der Waals surface area contributed by atoms with E-state index in [1.165, 1.54) is 25.7 Å². The van der Waals surface area contributed by atoms with Gasteiger partial charge in [-0.3, -0.25) is 0 Å². The lowest BCUT2D eigenvalue weighted by Crippen LogP contribution is -2.36. The summed E-state index contributed by atoms with van der Waals surface area (Å²) in [5.74, 6) is 2.05. The molecule has 0 amide bonds. The molecule has 1 heterocycles. The van der Waals surface area contributed by atoms with Crippen molar-refractivity contribution >= 4 is 11.7 Å². The van der Waals surface area contributed by atoms with Gasteiger partial charge in [0.25, 0.3) is 0 Å². The molecule has 2 N–H and O–H groups in total. The minimum atomic E-state index is -0.499. The van der Waals surface area contributed by atoms with E-state index in [1.807, 2.05) is 0 Å². The Bertz CT molecular complexity index is 348. The fourth-order valence-electron chi connectivity index (χ4n) is 2.59. The van der Waals surface area contributed by atoms with Gasteiger partial charge in [0.15, 0.2) is 0 Å². The first kappa shape index (κ1) is 14.7. The summed E-state index contributed by atoms with van der Waals surface area (Å²) in [6.45, 7) is 4.16. The second-order valence-corrected chi connectivity index (χ2v) is 5.95. The highest BCUT2D eigenvalue weighted by molar-refractivity contribution is 6.99. The molecular weight excluding hydrogens is 262 g/mol. The van der Waals surface area contributed by atoms with Crippen molar-refractivity contribution < 1.29 is 9.84 Å². The zero-order valence-corrected chi connectivity index (χ0v) is 12.2. The Morgan fingerprint density at radius 3 is 3.11 bits per heavy atom. The van der Waals surface area contributed by atoms with E-state index in [4.69, 9.17) is 4.74 Å². The molecule has 5 nitrogen and oxygen atoms in total. The molecule has 6 heteroatoms. The standard InChI is InChI=1S/C13H23N3O2S/c1-10-4-2-3-5-11(10)6-14-7-12(17)9-18-13-8-15-19-16-13/h8,10-12,14,17H,2-7,9H2,1H3. The van der Waals surface area contributed by atoms with Crippen molar-refractivity contribution in [1.82, 2.24) is 14.1 Å². The van der Waals surface area contributed by atoms with Crippen LogP contribution in [0.3, 0.4) is 0 Å². The minimum absolute atomic E-state index is 0.263. The summed E-state index contributed by atoms with van der Waals surface area (Å²) in [5, 5.41) is 13.2. The highest BCUT2D eigenvalue weighted by Gasteiger charge is 2.20. The summed E-state index contributed by atoms with van der Waals surface area (Å²) in [6, 6.07) is 0. The van der Waals surface area contributed by atoms with Crippen molar-refractivity contribution in [3.8, 4) is 5.88 Å². The molecule has 0 radical (unpaired) electrons. The van der Waals surface area contributed by atoms with Gasteiger partial charge in [-0.05, 0) is 24.8 Å². The summed E-state index contributed by atoms with van der Waals surface area (Å²) in [6.07, 6.45) is 6.43. The van der Waals surface area contributed by atoms with Gasteiger partial charge in [0.2, 0.25) is 5.88 Å². The highest BCUT2D eigenvalue weighted by Crippen LogP contribution is 2.28. The first-order valence-electron chi connectivity index (χ1n) is 7.05. The normalized spacial score (nSPS) is 25.2. The zero-order valence-electron chi connectivity index (χ0n) is 11.4. The Kier molecular flexibility index (Phi) is 6.00. The van der Waals surface area contributed by atoms with Gasteiger partial charge >= 0.3 is 0 Å². The van der Waals surface area contributed by atoms with E-state index in [-0.39, 0.29) is 6.61 Å². The zero-order chi connectivity index (χ0) is 13.5. The van der Waals surface area contributed by atoms with Gasteiger partial charge in [-0.15, -0.1) is 4.37 Å². The number of aliphatic hydroxyl groups excluding tert-OH is 1. The number of nitrogens with zero attached hydrogens (tertiary/aromatic N) is 2. The highest BCUT2D eigenvalue weighted by atomic mass is 32.1. The number of rotatable bonds is 7. The van der Waals surface area contributed by atoms with Gasteiger partial charge < -0.3 is 15.2 Å². The fraction of sp³-hybridized carbons (Fsp3) is 0.846. The first-order chi connectivity index (χ1) is 9.25. The largest absolute Gasteiger partial charge is 0.473 e. The molecule has 3 atom stereocenters. The molecule has 2 rings (SSSR count). The Morgan fingerprint density at radius 1 is 1.53 bits per heavy atom. The van der Waals surface area contributed by atoms with Crippen molar-refractivity contribution in [2.24, 2.45) is 11.8 Å². The molecule has 1 aromatic heterocycles. The smallest absolute Gasteiger partial charge is 0.245 e. The average Bonchev–Trinajstić information content (AvgIpc) is 2.92. The maximum atomic E-state index is 9.81. The predicted molar refractivity (Wildman–Crippen MR) is 75.4 cm³/mol. The van der Waals surface area contributed by atoms with Crippen LogP contribution in [0.4, 0.5) is 0 Å². The fourth-order valence-corrected chi connectivity index (χ4v) is 2.96. The Labute approximate surface area is 118 Å². The lowest BCUT2D eigenvalue weighted by atomic mass is 9.80. The molecule has 0 bridgehead atoms. The van der Waals surface area contributed by atoms with Crippen molar-refractivity contribution in [3.05, 3.63) is 6.20 Å². The molecular formula is C13H23N3O2S. The van der Waals surface area contributed by atoms with E-state index in [2.05, 4.69) is 21.0 Å². The topological polar surface area (TPSA) is 67.3 Å². The van der Waals surface area contributed by atoms with Crippen LogP contribution in [0.25, 0.3) is 0 Å². The van der Waals surface area contributed by atoms with Gasteiger partial charge in [0.1, 0.15) is 18.9 Å². The van der Waals surface area contributed by atoms with E-state index in [9.17, 15) is 5.11 Å². The summed E-state index contributed by atoms with van der Waals surface area (Å²) < 4.78 is 13.1. The molecule has 1 aromatic rings. The molecule has 1 aliphatic rings. The Hall–Kier alpha value is -0.720. The monoisotopic (exact) mass is 285 g/mol. The van der Waals surface area contributed by atoms with Gasteiger partial charge in [-0.1, -0.05) is 26.2 Å². The van der Waals surface area contributed by atoms with Gasteiger partial charge in [-0.2, -0.15) is 4.37 Å². The Balaban J connectivity index is 1.57. The molecule has 0 spiro atoms. The first-order valence-corrected chi connectivity index (χ1v) is 7.78. The SMILES string of the molecule is CC1CCCCC1CNCC(O)COc1cnsn1. The number of aromatic nitrogens is 2. The quantitative estimate of drug-likeness (QED) is 0.798. The molecule has 108 valence electrons. The van der Waals surface area contributed by atoms with Crippen LogP contribution in [0.1, 0.15) is 32.6 Å².